The van der Waals surface area contributed by atoms with Gasteiger partial charge in [-0.05, 0) is 0 Å². The van der Waals surface area contributed by atoms with E-state index >= 15 is 0 Å². The fourth-order valence-corrected chi connectivity index (χ4v) is 0.678. The minimum Gasteiger partial charge on any atom is -0.480 e. The summed E-state index contributed by atoms with van der Waals surface area (Å²) in [7, 11) is 0. The average Bonchev–Trinajstić information content (AvgIpc) is 1.81. The molecule has 0 radical (unpaired) electrons. The van der Waals surface area contributed by atoms with Gasteiger partial charge in [0.1, 0.15) is 6.04 Å². The minimum atomic E-state index is -1.06. The summed E-state index contributed by atoms with van der Waals surface area (Å²) in [5, 5.41) is 10.6. The van der Waals surface area contributed by atoms with Gasteiger partial charge in [0.15, 0.2) is 0 Å². The van der Waals surface area contributed by atoms with E-state index in [1.807, 2.05) is 0 Å². The Labute approximate surface area is 105 Å². The maximum atomic E-state index is 10.3. The number of thiol groups is 1. The average molecular weight is 255 g/mol. The van der Waals surface area contributed by atoms with Crippen LogP contribution in [0, 0.1) is 0 Å². The summed E-state index contributed by atoms with van der Waals surface area (Å²) >= 11 is 3.73. The van der Waals surface area contributed by atoms with Crippen LogP contribution in [0.2, 0.25) is 0 Å². The third-order valence-corrected chi connectivity index (χ3v) is 1.22. The summed E-state index contributed by atoms with van der Waals surface area (Å²) in [5.74, 6) is -1.32. The molecule has 0 spiro atoms. The zero-order valence-electron chi connectivity index (χ0n) is 6.20. The quantitative estimate of drug-likeness (QED) is 0.428. The maximum Gasteiger partial charge on any atom is 0.327 e. The van der Waals surface area contributed by atoms with E-state index in [1.165, 1.54) is 6.92 Å². The van der Waals surface area contributed by atoms with Gasteiger partial charge in [-0.25, -0.2) is 4.79 Å². The number of carboxylic acids is 1. The molecule has 12 heavy (non-hydrogen) atoms. The molecule has 0 aliphatic carbocycles. The second kappa shape index (κ2) is 9.77. The number of rotatable bonds is 3. The molecule has 0 fully saturated rings. The number of hydrogen-bond acceptors (Lipinski definition) is 3. The first kappa shape index (κ1) is 18.5. The van der Waals surface area contributed by atoms with E-state index in [4.69, 9.17) is 5.11 Å². The Morgan fingerprint density at radius 2 is 2.00 bits per heavy atom. The normalized spacial score (nSPS) is 10.2. The van der Waals surface area contributed by atoms with E-state index in [1.54, 1.807) is 0 Å². The van der Waals surface area contributed by atoms with Crippen LogP contribution in [0.15, 0.2) is 0 Å². The Morgan fingerprint density at radius 3 is 2.08 bits per heavy atom. The number of carbonyl (C=O) groups excluding carboxylic acids is 1. The van der Waals surface area contributed by atoms with Crippen molar-refractivity contribution in [1.29, 1.82) is 0 Å². The van der Waals surface area contributed by atoms with Crippen molar-refractivity contribution >= 4 is 47.6 Å². The molecule has 0 bridgehead atoms. The third kappa shape index (κ3) is 8.77. The van der Waals surface area contributed by atoms with E-state index < -0.39 is 12.0 Å². The van der Waals surface area contributed by atoms with Crippen LogP contribution in [-0.2, 0) is 29.1 Å². The fraction of sp³-hybridized carbons (Fsp3) is 0.600. The molecule has 0 heterocycles. The molecular weight excluding hydrogens is 244 g/mol. The van der Waals surface area contributed by atoms with Crippen LogP contribution < -0.4 is 5.32 Å². The Bertz CT molecular complexity index is 158. The maximum absolute atomic E-state index is 10.3. The fourth-order valence-electron chi connectivity index (χ4n) is 0.431. The van der Waals surface area contributed by atoms with E-state index in [0.717, 1.165) is 0 Å². The Morgan fingerprint density at radius 1 is 1.58 bits per heavy atom. The number of carbonyl (C=O) groups is 2. The molecule has 7 heteroatoms. The second-order valence-corrected chi connectivity index (χ2v) is 2.14. The van der Waals surface area contributed by atoms with Crippen molar-refractivity contribution < 1.29 is 34.2 Å². The van der Waals surface area contributed by atoms with Crippen LogP contribution in [0.5, 0.6) is 0 Å². The first-order valence-electron chi connectivity index (χ1n) is 2.68. The van der Waals surface area contributed by atoms with Gasteiger partial charge in [-0.15, -0.1) is 0 Å². The van der Waals surface area contributed by atoms with Gasteiger partial charge in [0.2, 0.25) is 5.91 Å². The summed E-state index contributed by atoms with van der Waals surface area (Å²) in [6, 6.07) is -0.874. The van der Waals surface area contributed by atoms with Crippen LogP contribution in [0.25, 0.3) is 0 Å². The SMILES string of the molecule is CC(=O)N[C@@H](CS)C(=O)O.[MgH2].[Zn]. The van der Waals surface area contributed by atoms with Crippen LogP contribution in [0.1, 0.15) is 6.92 Å². The Hall–Kier alpha value is 0.680. The molecule has 0 aliphatic heterocycles. The van der Waals surface area contributed by atoms with Gasteiger partial charge in [0.05, 0.1) is 0 Å². The molecular formula is C5H11MgNO3SZn. The van der Waals surface area contributed by atoms with Crippen molar-refractivity contribution in [3.8, 4) is 0 Å². The van der Waals surface area contributed by atoms with Gasteiger partial charge in [-0.1, -0.05) is 0 Å². The van der Waals surface area contributed by atoms with Crippen molar-refractivity contribution in [3.63, 3.8) is 0 Å². The van der Waals surface area contributed by atoms with Crippen molar-refractivity contribution in [2.45, 2.75) is 13.0 Å². The van der Waals surface area contributed by atoms with Crippen LogP contribution >= 0.6 is 12.6 Å². The van der Waals surface area contributed by atoms with Crippen molar-refractivity contribution in [3.05, 3.63) is 0 Å². The molecule has 1 atom stereocenters. The van der Waals surface area contributed by atoms with Gasteiger partial charge in [-0.2, -0.15) is 12.6 Å². The molecule has 1 amide bonds. The van der Waals surface area contributed by atoms with Crippen molar-refractivity contribution in [2.24, 2.45) is 0 Å². The van der Waals surface area contributed by atoms with Crippen molar-refractivity contribution in [2.75, 3.05) is 5.75 Å². The summed E-state index contributed by atoms with van der Waals surface area (Å²) in [6.07, 6.45) is 0. The first-order valence-corrected chi connectivity index (χ1v) is 3.32. The molecule has 64 valence electrons. The summed E-state index contributed by atoms with van der Waals surface area (Å²) < 4.78 is 0. The molecule has 0 unspecified atom stereocenters. The predicted molar refractivity (Wildman–Crippen MR) is 47.6 cm³/mol. The minimum absolute atomic E-state index is 0. The largest absolute Gasteiger partial charge is 0.480 e. The van der Waals surface area contributed by atoms with Crippen LogP contribution in [-0.4, -0.2) is 51.8 Å². The molecule has 0 saturated carbocycles. The van der Waals surface area contributed by atoms with E-state index in [0.29, 0.717) is 0 Å². The number of nitrogens with one attached hydrogen (secondary N) is 1. The predicted octanol–water partition coefficient (Wildman–Crippen LogP) is -1.41. The molecule has 0 aromatic rings. The molecule has 4 nitrogen and oxygen atoms in total. The Balaban J connectivity index is -0.000000405. The van der Waals surface area contributed by atoms with E-state index in [2.05, 4.69) is 17.9 Å². The van der Waals surface area contributed by atoms with Gasteiger partial charge in [-0.3, -0.25) is 4.79 Å². The molecule has 0 saturated heterocycles. The summed E-state index contributed by atoms with van der Waals surface area (Å²) in [6.45, 7) is 1.26. The number of hydrogen-bond donors (Lipinski definition) is 3. The zero-order valence-corrected chi connectivity index (χ0v) is 10.1. The zero-order chi connectivity index (χ0) is 8.15. The first-order chi connectivity index (χ1) is 4.57. The van der Waals surface area contributed by atoms with Gasteiger partial charge in [0, 0.05) is 32.2 Å². The van der Waals surface area contributed by atoms with Crippen molar-refractivity contribution in [1.82, 2.24) is 5.32 Å². The van der Waals surface area contributed by atoms with Crippen LogP contribution in [0.4, 0.5) is 0 Å². The van der Waals surface area contributed by atoms with E-state index in [9.17, 15) is 9.59 Å². The standard InChI is InChI=1S/C5H9NO3S.Mg.Zn.2H/c1-3(7)6-4(2-10)5(8)9;;;;/h4,10H,2H2,1H3,(H,6,7)(H,8,9);;;;/t4-;;;;/m0..../s1. The summed E-state index contributed by atoms with van der Waals surface area (Å²) in [4.78, 5) is 20.5. The van der Waals surface area contributed by atoms with Gasteiger partial charge >= 0.3 is 29.0 Å². The number of amides is 1. The monoisotopic (exact) mass is 253 g/mol. The molecule has 0 aliphatic rings. The molecule has 0 aromatic heterocycles. The molecule has 2 N–H and O–H groups in total. The smallest absolute Gasteiger partial charge is 0.327 e. The van der Waals surface area contributed by atoms with Gasteiger partial charge in [0.25, 0.3) is 0 Å². The second-order valence-electron chi connectivity index (χ2n) is 1.77. The van der Waals surface area contributed by atoms with E-state index in [-0.39, 0.29) is 54.2 Å². The molecule has 0 rings (SSSR count). The number of carboxylic acid groups (broad SMARTS) is 1. The summed E-state index contributed by atoms with van der Waals surface area (Å²) in [5.41, 5.74) is 0. The Kier molecular flexibility index (Phi) is 15.0. The third-order valence-electron chi connectivity index (χ3n) is 0.858. The number of aliphatic carboxylic acids is 1. The molecule has 0 aromatic carbocycles. The van der Waals surface area contributed by atoms with Crippen LogP contribution in [0.3, 0.4) is 0 Å². The van der Waals surface area contributed by atoms with Gasteiger partial charge < -0.3 is 10.4 Å². The topological polar surface area (TPSA) is 66.4 Å².